The fraction of sp³-hybridized carbons (Fsp3) is 0.381. The molecule has 1 atom stereocenters. The van der Waals surface area contributed by atoms with Crippen molar-refractivity contribution in [1.29, 1.82) is 0 Å². The van der Waals surface area contributed by atoms with Crippen LogP contribution in [0.1, 0.15) is 25.8 Å². The molecule has 0 aliphatic carbocycles. The molecule has 0 bridgehead atoms. The van der Waals surface area contributed by atoms with Crippen LogP contribution in [0.15, 0.2) is 55.0 Å². The van der Waals surface area contributed by atoms with Crippen LogP contribution < -0.4 is 5.32 Å². The van der Waals surface area contributed by atoms with Crippen molar-refractivity contribution in [3.8, 4) is 0 Å². The van der Waals surface area contributed by atoms with Crippen LogP contribution in [0, 0.1) is 5.41 Å². The van der Waals surface area contributed by atoms with Gasteiger partial charge in [0.2, 0.25) is 0 Å². The maximum absolute atomic E-state index is 4.53. The summed E-state index contributed by atoms with van der Waals surface area (Å²) in [6, 6.07) is 13.0. The van der Waals surface area contributed by atoms with E-state index in [0.717, 1.165) is 42.9 Å². The molecule has 1 aromatic carbocycles. The number of hydrogen-bond donors (Lipinski definition) is 1. The first kappa shape index (κ1) is 16.9. The van der Waals surface area contributed by atoms with Crippen molar-refractivity contribution in [3.63, 3.8) is 0 Å². The van der Waals surface area contributed by atoms with Gasteiger partial charge < -0.3 is 5.32 Å². The third-order valence-electron chi connectivity index (χ3n) is 5.26. The zero-order valence-electron chi connectivity index (χ0n) is 15.4. The molecule has 1 unspecified atom stereocenters. The summed E-state index contributed by atoms with van der Waals surface area (Å²) in [7, 11) is 0. The van der Waals surface area contributed by atoms with E-state index in [-0.39, 0.29) is 5.41 Å². The third kappa shape index (κ3) is 3.53. The first-order chi connectivity index (χ1) is 12.6. The van der Waals surface area contributed by atoms with E-state index >= 15 is 0 Å². The van der Waals surface area contributed by atoms with Gasteiger partial charge in [-0.1, -0.05) is 44.2 Å². The quantitative estimate of drug-likeness (QED) is 0.779. The predicted molar refractivity (Wildman–Crippen MR) is 105 cm³/mol. The van der Waals surface area contributed by atoms with Crippen molar-refractivity contribution in [2.24, 2.45) is 5.41 Å². The van der Waals surface area contributed by atoms with Crippen molar-refractivity contribution in [1.82, 2.24) is 19.9 Å². The lowest BCUT2D eigenvalue weighted by Crippen LogP contribution is -2.51. The zero-order valence-corrected chi connectivity index (χ0v) is 15.4. The van der Waals surface area contributed by atoms with Crippen LogP contribution in [0.5, 0.6) is 0 Å². The maximum Gasteiger partial charge on any atom is 0.154 e. The van der Waals surface area contributed by atoms with Gasteiger partial charge in [0.1, 0.15) is 5.52 Å². The molecule has 134 valence electrons. The number of anilines is 1. The Morgan fingerprint density at radius 1 is 1.04 bits per heavy atom. The van der Waals surface area contributed by atoms with Crippen LogP contribution in [0.3, 0.4) is 0 Å². The minimum atomic E-state index is 0.138. The highest BCUT2D eigenvalue weighted by Crippen LogP contribution is 2.33. The highest BCUT2D eigenvalue weighted by Gasteiger charge is 2.36. The monoisotopic (exact) mass is 347 g/mol. The van der Waals surface area contributed by atoms with Crippen molar-refractivity contribution < 1.29 is 0 Å². The van der Waals surface area contributed by atoms with E-state index in [0.29, 0.717) is 6.04 Å². The van der Waals surface area contributed by atoms with Gasteiger partial charge in [-0.15, -0.1) is 0 Å². The second-order valence-corrected chi connectivity index (χ2v) is 7.75. The van der Waals surface area contributed by atoms with Gasteiger partial charge in [-0.25, -0.2) is 9.97 Å². The topological polar surface area (TPSA) is 53.9 Å². The number of rotatable bonds is 4. The largest absolute Gasteiger partial charge is 0.365 e. The summed E-state index contributed by atoms with van der Waals surface area (Å²) in [5.74, 6) is 0.838. The van der Waals surface area contributed by atoms with E-state index in [4.69, 9.17) is 0 Å². The molecule has 1 aliphatic rings. The molecule has 26 heavy (non-hydrogen) atoms. The molecule has 3 heterocycles. The summed E-state index contributed by atoms with van der Waals surface area (Å²) in [5.41, 5.74) is 3.24. The fourth-order valence-electron chi connectivity index (χ4n) is 3.88. The second kappa shape index (κ2) is 7.00. The lowest BCUT2D eigenvalue weighted by Gasteiger charge is -2.44. The number of pyridine rings is 1. The van der Waals surface area contributed by atoms with Crippen LogP contribution in [0.4, 0.5) is 5.82 Å². The van der Waals surface area contributed by atoms with Gasteiger partial charge in [-0.05, 0) is 23.5 Å². The molecule has 2 aromatic heterocycles. The highest BCUT2D eigenvalue weighted by atomic mass is 15.2. The number of hydrogen-bond acceptors (Lipinski definition) is 5. The Bertz CT molecular complexity index is 872. The highest BCUT2D eigenvalue weighted by molar-refractivity contribution is 5.84. The number of benzene rings is 1. The molecule has 3 aromatic rings. The Kier molecular flexibility index (Phi) is 4.55. The van der Waals surface area contributed by atoms with Gasteiger partial charge in [0, 0.05) is 44.3 Å². The van der Waals surface area contributed by atoms with Gasteiger partial charge in [-0.2, -0.15) is 0 Å². The molecule has 0 saturated carbocycles. The van der Waals surface area contributed by atoms with E-state index in [9.17, 15) is 0 Å². The molecular weight excluding hydrogens is 322 g/mol. The van der Waals surface area contributed by atoms with E-state index in [1.54, 1.807) is 18.6 Å². The molecule has 0 radical (unpaired) electrons. The van der Waals surface area contributed by atoms with Gasteiger partial charge in [-0.3, -0.25) is 9.88 Å². The van der Waals surface area contributed by atoms with Gasteiger partial charge in [0.05, 0.1) is 5.52 Å². The average molecular weight is 347 g/mol. The van der Waals surface area contributed by atoms with Gasteiger partial charge in [0.25, 0.3) is 0 Å². The van der Waals surface area contributed by atoms with Gasteiger partial charge >= 0.3 is 0 Å². The Morgan fingerprint density at radius 3 is 2.65 bits per heavy atom. The standard InChI is InChI=1S/C21H25N5/c1-21(2)15-26(14-16-6-4-3-5-7-16)13-9-18(21)25-20-19-17(8-10-24-20)22-11-12-23-19/h3-8,10-12,18H,9,13-15H2,1-2H3,(H,24,25). The van der Waals surface area contributed by atoms with Crippen molar-refractivity contribution in [2.45, 2.75) is 32.9 Å². The predicted octanol–water partition coefficient (Wildman–Crippen LogP) is 3.74. The minimum Gasteiger partial charge on any atom is -0.365 e. The fourth-order valence-corrected chi connectivity index (χ4v) is 3.88. The molecule has 1 aliphatic heterocycles. The molecule has 1 saturated heterocycles. The Morgan fingerprint density at radius 2 is 1.85 bits per heavy atom. The molecule has 5 heteroatoms. The maximum atomic E-state index is 4.53. The summed E-state index contributed by atoms with van der Waals surface area (Å²) < 4.78 is 0. The van der Waals surface area contributed by atoms with Crippen molar-refractivity contribution >= 4 is 16.9 Å². The molecule has 0 amide bonds. The first-order valence-electron chi connectivity index (χ1n) is 9.20. The lowest BCUT2D eigenvalue weighted by atomic mass is 9.79. The Hall–Kier alpha value is -2.53. The summed E-state index contributed by atoms with van der Waals surface area (Å²) in [6.45, 7) is 7.80. The van der Waals surface area contributed by atoms with E-state index in [2.05, 4.69) is 69.3 Å². The number of likely N-dealkylation sites (tertiary alicyclic amines) is 1. The number of piperidine rings is 1. The van der Waals surface area contributed by atoms with E-state index in [1.165, 1.54) is 5.56 Å². The van der Waals surface area contributed by atoms with E-state index in [1.807, 2.05) is 6.07 Å². The van der Waals surface area contributed by atoms with Crippen LogP contribution in [-0.4, -0.2) is 39.0 Å². The van der Waals surface area contributed by atoms with Crippen LogP contribution >= 0.6 is 0 Å². The average Bonchev–Trinajstić information content (AvgIpc) is 2.65. The van der Waals surface area contributed by atoms with Crippen LogP contribution in [0.25, 0.3) is 11.0 Å². The molecule has 0 spiro atoms. The zero-order chi connectivity index (χ0) is 18.0. The molecular formula is C21H25N5. The Labute approximate surface area is 154 Å². The van der Waals surface area contributed by atoms with E-state index < -0.39 is 0 Å². The molecule has 4 rings (SSSR count). The number of nitrogens with zero attached hydrogens (tertiary/aromatic N) is 4. The number of fused-ring (bicyclic) bond motifs is 1. The minimum absolute atomic E-state index is 0.138. The third-order valence-corrected chi connectivity index (χ3v) is 5.26. The normalized spacial score (nSPS) is 20.2. The first-order valence-corrected chi connectivity index (χ1v) is 9.20. The van der Waals surface area contributed by atoms with Crippen LogP contribution in [0.2, 0.25) is 0 Å². The molecule has 5 nitrogen and oxygen atoms in total. The van der Waals surface area contributed by atoms with Crippen LogP contribution in [-0.2, 0) is 6.54 Å². The SMILES string of the molecule is CC1(C)CN(Cc2ccccc2)CCC1Nc1nccc2nccnc12. The molecule has 1 N–H and O–H groups in total. The van der Waals surface area contributed by atoms with Gasteiger partial charge in [0.15, 0.2) is 5.82 Å². The summed E-state index contributed by atoms with van der Waals surface area (Å²) >= 11 is 0. The smallest absolute Gasteiger partial charge is 0.154 e. The molecule has 1 fully saturated rings. The summed E-state index contributed by atoms with van der Waals surface area (Å²) in [6.07, 6.45) is 6.33. The van der Waals surface area contributed by atoms with Crippen molar-refractivity contribution in [2.75, 3.05) is 18.4 Å². The van der Waals surface area contributed by atoms with Crippen molar-refractivity contribution in [3.05, 3.63) is 60.6 Å². The summed E-state index contributed by atoms with van der Waals surface area (Å²) in [5, 5.41) is 3.66. The number of nitrogens with one attached hydrogen (secondary N) is 1. The second-order valence-electron chi connectivity index (χ2n) is 7.75. The number of aromatic nitrogens is 3. The summed E-state index contributed by atoms with van der Waals surface area (Å²) in [4.78, 5) is 15.9. The Balaban J connectivity index is 1.48. The lowest BCUT2D eigenvalue weighted by molar-refractivity contribution is 0.0977.